The van der Waals surface area contributed by atoms with Gasteiger partial charge in [-0.1, -0.05) is 30.3 Å². The summed E-state index contributed by atoms with van der Waals surface area (Å²) in [5, 5.41) is 4.88. The normalized spacial score (nSPS) is 12.0. The average molecular weight is 408 g/mol. The van der Waals surface area contributed by atoms with Crippen LogP contribution >= 0.6 is 0 Å². The van der Waals surface area contributed by atoms with Crippen LogP contribution in [0.5, 0.6) is 0 Å². The minimum absolute atomic E-state index is 0.0562. The van der Waals surface area contributed by atoms with Gasteiger partial charge in [0.05, 0.1) is 23.9 Å². The maximum Gasteiger partial charge on any atom is 0.416 e. The van der Waals surface area contributed by atoms with E-state index < -0.39 is 42.0 Å². The summed E-state index contributed by atoms with van der Waals surface area (Å²) in [5.74, 6) is -2.05. The van der Waals surface area contributed by atoms with E-state index >= 15 is 0 Å². The summed E-state index contributed by atoms with van der Waals surface area (Å²) in [7, 11) is 1.07. The van der Waals surface area contributed by atoms with Crippen LogP contribution in [0.4, 0.5) is 18.9 Å². The summed E-state index contributed by atoms with van der Waals surface area (Å²) in [5.41, 5.74) is -0.801. The molecule has 29 heavy (non-hydrogen) atoms. The summed E-state index contributed by atoms with van der Waals surface area (Å²) in [6.07, 6.45) is -5.03. The molecular formula is C20H19F3N2O4. The third-order valence-electron chi connectivity index (χ3n) is 4.02. The fraction of sp³-hybridized carbons (Fsp3) is 0.250. The molecule has 0 aliphatic carbocycles. The Bertz CT molecular complexity index is 913. The van der Waals surface area contributed by atoms with Crippen molar-refractivity contribution in [3.63, 3.8) is 0 Å². The lowest BCUT2D eigenvalue weighted by Gasteiger charge is -2.20. The zero-order chi connectivity index (χ0) is 21.6. The molecule has 0 spiro atoms. The zero-order valence-electron chi connectivity index (χ0n) is 15.7. The van der Waals surface area contributed by atoms with Crippen LogP contribution in [0.2, 0.25) is 0 Å². The van der Waals surface area contributed by atoms with E-state index in [4.69, 9.17) is 0 Å². The first kappa shape index (κ1) is 21.9. The number of anilines is 1. The van der Waals surface area contributed by atoms with Crippen LogP contribution in [-0.2, 0) is 26.9 Å². The number of rotatable bonds is 6. The van der Waals surface area contributed by atoms with Crippen LogP contribution in [-0.4, -0.2) is 30.9 Å². The molecule has 0 radical (unpaired) electrons. The first-order valence-electron chi connectivity index (χ1n) is 8.54. The van der Waals surface area contributed by atoms with Gasteiger partial charge in [0.25, 0.3) is 5.91 Å². The number of halogens is 3. The van der Waals surface area contributed by atoms with E-state index in [1.165, 1.54) is 37.3 Å². The van der Waals surface area contributed by atoms with E-state index in [0.717, 1.165) is 13.2 Å². The van der Waals surface area contributed by atoms with Crippen LogP contribution in [0.25, 0.3) is 0 Å². The largest absolute Gasteiger partial charge is 0.467 e. The summed E-state index contributed by atoms with van der Waals surface area (Å²) in [6.45, 7) is 1.26. The highest BCUT2D eigenvalue weighted by Crippen LogP contribution is 2.32. The first-order chi connectivity index (χ1) is 13.6. The molecule has 0 heterocycles. The maximum absolute atomic E-state index is 13.2. The Hall–Kier alpha value is -3.36. The number of carbonyl (C=O) groups excluding carboxylic acids is 3. The Morgan fingerprint density at radius 1 is 1.03 bits per heavy atom. The quantitative estimate of drug-likeness (QED) is 0.719. The molecule has 0 aliphatic rings. The number of alkyl halides is 3. The van der Waals surface area contributed by atoms with Gasteiger partial charge in [-0.15, -0.1) is 0 Å². The maximum atomic E-state index is 13.2. The van der Waals surface area contributed by atoms with Gasteiger partial charge in [-0.2, -0.15) is 13.2 Å². The molecule has 2 N–H and O–H groups in total. The number of nitrogens with one attached hydrogen (secondary N) is 2. The number of para-hydroxylation sites is 1. The molecule has 0 saturated carbocycles. The highest BCUT2D eigenvalue weighted by molar-refractivity contribution is 6.04. The SMILES string of the molecule is COC(=O)[C@@H](Cc1ccccc1C(F)(F)F)NC(=O)c1ccccc1NC(C)=O. The molecule has 2 amide bonds. The van der Waals surface area contributed by atoms with E-state index in [1.807, 2.05) is 0 Å². The van der Waals surface area contributed by atoms with Crippen molar-refractivity contribution in [2.24, 2.45) is 0 Å². The van der Waals surface area contributed by atoms with Crippen molar-refractivity contribution in [1.82, 2.24) is 5.32 Å². The fourth-order valence-electron chi connectivity index (χ4n) is 2.75. The molecule has 1 atom stereocenters. The minimum Gasteiger partial charge on any atom is -0.467 e. The minimum atomic E-state index is -4.61. The summed E-state index contributed by atoms with van der Waals surface area (Å²) < 4.78 is 44.4. The van der Waals surface area contributed by atoms with Crippen molar-refractivity contribution < 1.29 is 32.3 Å². The van der Waals surface area contributed by atoms with Gasteiger partial charge in [0.15, 0.2) is 0 Å². The Morgan fingerprint density at radius 2 is 1.66 bits per heavy atom. The third-order valence-corrected chi connectivity index (χ3v) is 4.02. The van der Waals surface area contributed by atoms with Gasteiger partial charge in [0.2, 0.25) is 5.91 Å². The smallest absolute Gasteiger partial charge is 0.416 e. The van der Waals surface area contributed by atoms with Crippen molar-refractivity contribution in [3.8, 4) is 0 Å². The molecule has 6 nitrogen and oxygen atoms in total. The van der Waals surface area contributed by atoms with Crippen molar-refractivity contribution in [1.29, 1.82) is 0 Å². The molecule has 0 fully saturated rings. The van der Waals surface area contributed by atoms with Gasteiger partial charge in [-0.25, -0.2) is 4.79 Å². The highest BCUT2D eigenvalue weighted by Gasteiger charge is 2.34. The highest BCUT2D eigenvalue weighted by atomic mass is 19.4. The van der Waals surface area contributed by atoms with Crippen molar-refractivity contribution >= 4 is 23.5 Å². The van der Waals surface area contributed by atoms with E-state index in [-0.39, 0.29) is 16.8 Å². The second kappa shape index (κ2) is 9.22. The second-order valence-corrected chi connectivity index (χ2v) is 6.14. The average Bonchev–Trinajstić information content (AvgIpc) is 2.66. The van der Waals surface area contributed by atoms with Gasteiger partial charge in [-0.3, -0.25) is 9.59 Å². The third kappa shape index (κ3) is 5.81. The number of carbonyl (C=O) groups is 3. The topological polar surface area (TPSA) is 84.5 Å². The van der Waals surface area contributed by atoms with E-state index in [9.17, 15) is 27.6 Å². The molecule has 9 heteroatoms. The van der Waals surface area contributed by atoms with Gasteiger partial charge < -0.3 is 15.4 Å². The van der Waals surface area contributed by atoms with Crippen LogP contribution in [0.1, 0.15) is 28.4 Å². The number of methoxy groups -OCH3 is 1. The van der Waals surface area contributed by atoms with Gasteiger partial charge in [0, 0.05) is 13.3 Å². The molecule has 2 rings (SSSR count). The van der Waals surface area contributed by atoms with Crippen molar-refractivity contribution in [2.75, 3.05) is 12.4 Å². The summed E-state index contributed by atoms with van der Waals surface area (Å²) in [4.78, 5) is 36.1. The molecule has 0 saturated heterocycles. The van der Waals surface area contributed by atoms with E-state index in [1.54, 1.807) is 12.1 Å². The molecular weight excluding hydrogens is 389 g/mol. The van der Waals surface area contributed by atoms with Gasteiger partial charge >= 0.3 is 12.1 Å². The molecule has 0 unspecified atom stereocenters. The predicted octanol–water partition coefficient (Wildman–Crippen LogP) is 3.18. The Kier molecular flexibility index (Phi) is 6.98. The fourth-order valence-corrected chi connectivity index (χ4v) is 2.75. The number of esters is 1. The lowest BCUT2D eigenvalue weighted by atomic mass is 9.99. The van der Waals surface area contributed by atoms with E-state index in [0.29, 0.717) is 0 Å². The van der Waals surface area contributed by atoms with E-state index in [2.05, 4.69) is 15.4 Å². The first-order valence-corrected chi connectivity index (χ1v) is 8.54. The summed E-state index contributed by atoms with van der Waals surface area (Å²) in [6, 6.07) is 9.47. The molecule has 0 aliphatic heterocycles. The van der Waals surface area contributed by atoms with Crippen LogP contribution in [0, 0.1) is 0 Å². The molecule has 0 aromatic heterocycles. The predicted molar refractivity (Wildman–Crippen MR) is 99.2 cm³/mol. The molecule has 2 aromatic rings. The van der Waals surface area contributed by atoms with Gasteiger partial charge in [0.1, 0.15) is 6.04 Å². The van der Waals surface area contributed by atoms with Crippen LogP contribution < -0.4 is 10.6 Å². The van der Waals surface area contributed by atoms with Gasteiger partial charge in [-0.05, 0) is 23.8 Å². The Balaban J connectivity index is 2.31. The second-order valence-electron chi connectivity index (χ2n) is 6.14. The Morgan fingerprint density at radius 3 is 2.28 bits per heavy atom. The van der Waals surface area contributed by atoms with Crippen LogP contribution in [0.3, 0.4) is 0 Å². The number of hydrogen-bond acceptors (Lipinski definition) is 4. The number of benzene rings is 2. The zero-order valence-corrected chi connectivity index (χ0v) is 15.7. The Labute approximate surface area is 165 Å². The van der Waals surface area contributed by atoms with Crippen molar-refractivity contribution in [3.05, 3.63) is 65.2 Å². The lowest BCUT2D eigenvalue weighted by molar-refractivity contribution is -0.144. The lowest BCUT2D eigenvalue weighted by Crippen LogP contribution is -2.43. The molecule has 2 aromatic carbocycles. The van der Waals surface area contributed by atoms with Crippen molar-refractivity contribution in [2.45, 2.75) is 25.6 Å². The monoisotopic (exact) mass is 408 g/mol. The molecule has 154 valence electrons. The standard InChI is InChI=1S/C20H19F3N2O4/c1-12(26)24-16-10-6-4-8-14(16)18(27)25-17(19(28)29-2)11-13-7-3-5-9-15(13)20(21,22)23/h3-10,17H,11H2,1-2H3,(H,24,26)(H,25,27)/t17-/m1/s1. The van der Waals surface area contributed by atoms with Crippen LogP contribution in [0.15, 0.2) is 48.5 Å². The number of ether oxygens (including phenoxy) is 1. The molecule has 0 bridgehead atoms. The number of amides is 2. The number of hydrogen-bond donors (Lipinski definition) is 2. The summed E-state index contributed by atoms with van der Waals surface area (Å²) >= 11 is 0.